The van der Waals surface area contributed by atoms with E-state index in [1.54, 1.807) is 18.2 Å². The Kier molecular flexibility index (Phi) is 11.6. The summed E-state index contributed by atoms with van der Waals surface area (Å²) in [5.41, 5.74) is 1.53. The van der Waals surface area contributed by atoms with Gasteiger partial charge in [0.15, 0.2) is 0 Å². The Bertz CT molecular complexity index is 1550. The molecule has 0 aromatic heterocycles. The lowest BCUT2D eigenvalue weighted by atomic mass is 9.94. The predicted molar refractivity (Wildman–Crippen MR) is 175 cm³/mol. The van der Waals surface area contributed by atoms with E-state index < -0.39 is 28.5 Å². The van der Waals surface area contributed by atoms with Gasteiger partial charge in [0.25, 0.3) is 0 Å². The highest BCUT2D eigenvalue weighted by molar-refractivity contribution is 7.92. The van der Waals surface area contributed by atoms with Crippen molar-refractivity contribution in [2.24, 2.45) is 0 Å². The smallest absolute Gasteiger partial charge is 0.244 e. The third-order valence-corrected chi connectivity index (χ3v) is 9.84. The van der Waals surface area contributed by atoms with Crippen LogP contribution in [0.5, 0.6) is 0 Å². The SMILES string of the molecule is CS(=O)(=O)N(CC(=O)N(Cc1ccc(Cl)c(Cl)c1)C(Cc1ccccc1)C(=O)NC1CCCCC1)c1cc(Cl)ccc1Cl. The molecule has 4 rings (SSSR count). The molecule has 1 atom stereocenters. The number of rotatable bonds is 11. The van der Waals surface area contributed by atoms with E-state index in [4.69, 9.17) is 46.4 Å². The first-order valence-corrected chi connectivity index (χ1v) is 17.3. The molecule has 3 aromatic carbocycles. The first-order valence-electron chi connectivity index (χ1n) is 13.9. The number of sulfonamides is 1. The average molecular weight is 686 g/mol. The minimum atomic E-state index is -3.99. The minimum Gasteiger partial charge on any atom is -0.352 e. The summed E-state index contributed by atoms with van der Waals surface area (Å²) in [6.07, 6.45) is 6.07. The molecule has 0 bridgehead atoms. The van der Waals surface area contributed by atoms with Crippen LogP contribution in [0.2, 0.25) is 20.1 Å². The van der Waals surface area contributed by atoms with Gasteiger partial charge in [-0.2, -0.15) is 0 Å². The molecule has 1 aliphatic carbocycles. The van der Waals surface area contributed by atoms with Gasteiger partial charge in [-0.15, -0.1) is 0 Å². The number of carbonyl (C=O) groups excluding carboxylic acids is 2. The molecule has 0 saturated heterocycles. The molecule has 1 fully saturated rings. The van der Waals surface area contributed by atoms with Crippen LogP contribution in [0, 0.1) is 0 Å². The molecule has 0 radical (unpaired) electrons. The molecule has 1 aliphatic rings. The minimum absolute atomic E-state index is 0.000706. The number of anilines is 1. The number of benzene rings is 3. The largest absolute Gasteiger partial charge is 0.352 e. The van der Waals surface area contributed by atoms with E-state index >= 15 is 0 Å². The second-order valence-corrected chi connectivity index (χ2v) is 14.2. The highest BCUT2D eigenvalue weighted by Crippen LogP contribution is 2.31. The topological polar surface area (TPSA) is 86.8 Å². The van der Waals surface area contributed by atoms with Crippen LogP contribution in [-0.4, -0.2) is 50.0 Å². The Balaban J connectivity index is 1.76. The van der Waals surface area contributed by atoms with E-state index in [-0.39, 0.29) is 40.6 Å². The fourth-order valence-electron chi connectivity index (χ4n) is 5.20. The fraction of sp³-hybridized carbons (Fsp3) is 0.355. The Labute approximate surface area is 273 Å². The summed E-state index contributed by atoms with van der Waals surface area (Å²) in [4.78, 5) is 29.7. The average Bonchev–Trinajstić information content (AvgIpc) is 2.97. The maximum atomic E-state index is 14.3. The Hall–Kier alpha value is -2.49. The summed E-state index contributed by atoms with van der Waals surface area (Å²) in [6, 6.07) is 17.8. The molecular weight excluding hydrogens is 652 g/mol. The van der Waals surface area contributed by atoms with Crippen LogP contribution in [0.25, 0.3) is 0 Å². The lowest BCUT2D eigenvalue weighted by Crippen LogP contribution is -2.55. The standard InChI is InChI=1S/C31H33Cl4N3O4S/c1-43(41,42)38(28-18-23(32)13-15-26(28)34)20-30(39)37(19-22-12-14-25(33)27(35)16-22)29(17-21-8-4-2-5-9-21)31(40)36-24-10-6-3-7-11-24/h2,4-5,8-9,12-16,18,24,29H,3,6-7,10-11,17,19-20H2,1H3,(H,36,40). The second-order valence-electron chi connectivity index (χ2n) is 10.7. The molecule has 1 N–H and O–H groups in total. The molecule has 1 unspecified atom stereocenters. The predicted octanol–water partition coefficient (Wildman–Crippen LogP) is 7.16. The number of nitrogens with zero attached hydrogens (tertiary/aromatic N) is 2. The van der Waals surface area contributed by atoms with Gasteiger partial charge in [-0.1, -0.05) is 102 Å². The van der Waals surface area contributed by atoms with Crippen LogP contribution in [0.4, 0.5) is 5.69 Å². The van der Waals surface area contributed by atoms with Crippen LogP contribution in [0.15, 0.2) is 66.7 Å². The Morgan fingerprint density at radius 1 is 0.860 bits per heavy atom. The summed E-state index contributed by atoms with van der Waals surface area (Å²) in [5, 5.41) is 4.16. The van der Waals surface area contributed by atoms with Crippen LogP contribution >= 0.6 is 46.4 Å². The van der Waals surface area contributed by atoms with Crippen molar-refractivity contribution in [2.75, 3.05) is 17.1 Å². The van der Waals surface area contributed by atoms with Crippen molar-refractivity contribution in [3.05, 3.63) is 97.9 Å². The van der Waals surface area contributed by atoms with Gasteiger partial charge in [-0.25, -0.2) is 8.42 Å². The van der Waals surface area contributed by atoms with Gasteiger partial charge in [0.05, 0.1) is 27.0 Å². The molecule has 12 heteroatoms. The van der Waals surface area contributed by atoms with E-state index in [1.807, 2.05) is 30.3 Å². The van der Waals surface area contributed by atoms with Crippen LogP contribution in [0.3, 0.4) is 0 Å². The summed E-state index contributed by atoms with van der Waals surface area (Å²) >= 11 is 25.0. The molecule has 2 amide bonds. The Morgan fingerprint density at radius 3 is 2.19 bits per heavy atom. The monoisotopic (exact) mass is 683 g/mol. The van der Waals surface area contributed by atoms with Crippen molar-refractivity contribution in [1.29, 1.82) is 0 Å². The number of nitrogens with one attached hydrogen (secondary N) is 1. The molecule has 0 spiro atoms. The first kappa shape index (κ1) is 33.4. The van der Waals surface area contributed by atoms with Crippen molar-refractivity contribution in [3.8, 4) is 0 Å². The molecule has 1 saturated carbocycles. The number of carbonyl (C=O) groups is 2. The van der Waals surface area contributed by atoms with E-state index in [2.05, 4.69) is 5.32 Å². The van der Waals surface area contributed by atoms with Crippen LogP contribution < -0.4 is 9.62 Å². The van der Waals surface area contributed by atoms with Gasteiger partial charge in [0.1, 0.15) is 12.6 Å². The quantitative estimate of drug-likeness (QED) is 0.232. The highest BCUT2D eigenvalue weighted by Gasteiger charge is 2.34. The van der Waals surface area contributed by atoms with E-state index in [0.29, 0.717) is 15.6 Å². The van der Waals surface area contributed by atoms with Crippen molar-refractivity contribution < 1.29 is 18.0 Å². The van der Waals surface area contributed by atoms with Gasteiger partial charge in [-0.3, -0.25) is 13.9 Å². The third-order valence-electron chi connectivity index (χ3n) is 7.42. The third kappa shape index (κ3) is 9.25. The lowest BCUT2D eigenvalue weighted by molar-refractivity contribution is -0.140. The van der Waals surface area contributed by atoms with Gasteiger partial charge in [0, 0.05) is 24.0 Å². The summed E-state index contributed by atoms with van der Waals surface area (Å²) in [7, 11) is -3.99. The number of halogens is 4. The fourth-order valence-corrected chi connectivity index (χ4v) is 6.81. The molecule has 43 heavy (non-hydrogen) atoms. The van der Waals surface area contributed by atoms with Crippen molar-refractivity contribution in [2.45, 2.75) is 57.2 Å². The van der Waals surface area contributed by atoms with Gasteiger partial charge in [0.2, 0.25) is 21.8 Å². The van der Waals surface area contributed by atoms with E-state index in [1.165, 1.54) is 23.1 Å². The van der Waals surface area contributed by atoms with E-state index in [0.717, 1.165) is 48.2 Å². The number of hydrogen-bond acceptors (Lipinski definition) is 4. The second kappa shape index (κ2) is 15.0. The maximum absolute atomic E-state index is 14.3. The molecule has 7 nitrogen and oxygen atoms in total. The lowest BCUT2D eigenvalue weighted by Gasteiger charge is -2.35. The zero-order valence-electron chi connectivity index (χ0n) is 23.6. The highest BCUT2D eigenvalue weighted by atomic mass is 35.5. The maximum Gasteiger partial charge on any atom is 0.244 e. The normalized spacial score (nSPS) is 14.6. The van der Waals surface area contributed by atoms with Gasteiger partial charge in [-0.05, 0) is 54.3 Å². The molecular formula is C31H33Cl4N3O4S. The molecule has 230 valence electrons. The number of hydrogen-bond donors (Lipinski definition) is 1. The van der Waals surface area contributed by atoms with E-state index in [9.17, 15) is 18.0 Å². The van der Waals surface area contributed by atoms with Crippen molar-refractivity contribution in [3.63, 3.8) is 0 Å². The van der Waals surface area contributed by atoms with Gasteiger partial charge >= 0.3 is 0 Å². The van der Waals surface area contributed by atoms with Crippen LogP contribution in [0.1, 0.15) is 43.2 Å². The van der Waals surface area contributed by atoms with Crippen molar-refractivity contribution in [1.82, 2.24) is 10.2 Å². The zero-order valence-corrected chi connectivity index (χ0v) is 27.5. The molecule has 0 aliphatic heterocycles. The van der Waals surface area contributed by atoms with Crippen LogP contribution in [-0.2, 0) is 32.6 Å². The first-order chi connectivity index (χ1) is 20.4. The summed E-state index contributed by atoms with van der Waals surface area (Å²) < 4.78 is 26.9. The molecule has 3 aromatic rings. The van der Waals surface area contributed by atoms with Crippen molar-refractivity contribution >= 4 is 73.9 Å². The number of amides is 2. The van der Waals surface area contributed by atoms with Gasteiger partial charge < -0.3 is 10.2 Å². The summed E-state index contributed by atoms with van der Waals surface area (Å²) in [6.45, 7) is -0.631. The molecule has 0 heterocycles. The Morgan fingerprint density at radius 2 is 1.53 bits per heavy atom. The zero-order chi connectivity index (χ0) is 31.1. The summed E-state index contributed by atoms with van der Waals surface area (Å²) in [5.74, 6) is -0.914.